The standard InChI is InChI=1S/C6H13NO/c1-6(2)5-7-3-4-8-6/h7H,3-5H2,1-2H3/i1D3,5D2. The summed E-state index contributed by atoms with van der Waals surface area (Å²) in [6, 6.07) is 0. The van der Waals surface area contributed by atoms with E-state index in [0.29, 0.717) is 6.54 Å². The van der Waals surface area contributed by atoms with Crippen molar-refractivity contribution in [3.05, 3.63) is 0 Å². The Hall–Kier alpha value is -0.0800. The van der Waals surface area contributed by atoms with E-state index in [4.69, 9.17) is 11.6 Å². The zero-order valence-corrected chi connectivity index (χ0v) is 4.82. The van der Waals surface area contributed by atoms with Crippen LogP contribution < -0.4 is 5.32 Å². The maximum atomic E-state index is 7.51. The summed E-state index contributed by atoms with van der Waals surface area (Å²) >= 11 is 0. The van der Waals surface area contributed by atoms with E-state index in [0.717, 1.165) is 0 Å². The molecule has 0 spiro atoms. The van der Waals surface area contributed by atoms with Crippen molar-refractivity contribution < 1.29 is 11.6 Å². The Morgan fingerprint density at radius 3 is 3.38 bits per heavy atom. The van der Waals surface area contributed by atoms with Gasteiger partial charge in [-0.15, -0.1) is 0 Å². The second kappa shape index (κ2) is 2.03. The van der Waals surface area contributed by atoms with Crippen LogP contribution in [0.4, 0.5) is 0 Å². The molecule has 0 radical (unpaired) electrons. The molecule has 2 heteroatoms. The zero-order chi connectivity index (χ0) is 10.3. The van der Waals surface area contributed by atoms with E-state index < -0.39 is 18.9 Å². The molecule has 0 aromatic rings. The lowest BCUT2D eigenvalue weighted by molar-refractivity contribution is -0.0384. The fraction of sp³-hybridized carbons (Fsp3) is 1.00. The van der Waals surface area contributed by atoms with Crippen LogP contribution in [0.3, 0.4) is 0 Å². The minimum Gasteiger partial charge on any atom is -0.373 e. The van der Waals surface area contributed by atoms with Gasteiger partial charge in [0.05, 0.1) is 12.2 Å². The van der Waals surface area contributed by atoms with Crippen molar-refractivity contribution in [3.8, 4) is 0 Å². The molecule has 1 aliphatic rings. The van der Waals surface area contributed by atoms with Gasteiger partial charge in [-0.1, -0.05) is 0 Å². The van der Waals surface area contributed by atoms with E-state index in [1.165, 1.54) is 6.92 Å². The molecule has 0 saturated carbocycles. The van der Waals surface area contributed by atoms with Gasteiger partial charge in [0.2, 0.25) is 0 Å². The quantitative estimate of drug-likeness (QED) is 0.499. The molecule has 48 valence electrons. The molecule has 1 fully saturated rings. The van der Waals surface area contributed by atoms with Crippen molar-refractivity contribution in [2.24, 2.45) is 0 Å². The minimum atomic E-state index is -2.47. The van der Waals surface area contributed by atoms with Gasteiger partial charge in [-0.2, -0.15) is 0 Å². The zero-order valence-electron chi connectivity index (χ0n) is 9.82. The van der Waals surface area contributed by atoms with Crippen molar-refractivity contribution in [2.75, 3.05) is 19.6 Å². The van der Waals surface area contributed by atoms with Gasteiger partial charge in [0.1, 0.15) is 0 Å². The summed E-state index contributed by atoms with van der Waals surface area (Å²) in [5.74, 6) is 0. The topological polar surface area (TPSA) is 21.3 Å². The Kier molecular flexibility index (Phi) is 0.578. The smallest absolute Gasteiger partial charge is 0.0750 e. The largest absolute Gasteiger partial charge is 0.373 e. The second-order valence-electron chi connectivity index (χ2n) is 1.93. The van der Waals surface area contributed by atoms with E-state index in [1.54, 1.807) is 0 Å². The fourth-order valence-electron chi connectivity index (χ4n) is 0.573. The van der Waals surface area contributed by atoms with E-state index in [2.05, 4.69) is 5.32 Å². The highest BCUT2D eigenvalue weighted by Crippen LogP contribution is 2.08. The molecular weight excluding hydrogens is 102 g/mol. The van der Waals surface area contributed by atoms with Gasteiger partial charge < -0.3 is 10.1 Å². The van der Waals surface area contributed by atoms with Crippen LogP contribution in [-0.4, -0.2) is 25.2 Å². The van der Waals surface area contributed by atoms with Gasteiger partial charge in [0.25, 0.3) is 0 Å². The highest BCUT2D eigenvalue weighted by molar-refractivity contribution is 4.75. The number of ether oxygens (including phenoxy) is 1. The average molecular weight is 120 g/mol. The lowest BCUT2D eigenvalue weighted by atomic mass is 10.1. The molecule has 1 rings (SSSR count). The summed E-state index contributed by atoms with van der Waals surface area (Å²) in [5, 5.41) is 2.50. The molecule has 1 saturated heterocycles. The van der Waals surface area contributed by atoms with Gasteiger partial charge in [-0.3, -0.25) is 0 Å². The summed E-state index contributed by atoms with van der Waals surface area (Å²) in [6.45, 7) is -2.67. The van der Waals surface area contributed by atoms with Crippen molar-refractivity contribution >= 4 is 0 Å². The van der Waals surface area contributed by atoms with Crippen LogP contribution in [0.5, 0.6) is 0 Å². The molecule has 0 aromatic heterocycles. The van der Waals surface area contributed by atoms with E-state index in [9.17, 15) is 0 Å². The lowest BCUT2D eigenvalue weighted by Gasteiger charge is -2.30. The third-order valence-electron chi connectivity index (χ3n) is 0.945. The first-order valence-electron chi connectivity index (χ1n) is 5.10. The van der Waals surface area contributed by atoms with Gasteiger partial charge >= 0.3 is 0 Å². The summed E-state index contributed by atoms with van der Waals surface area (Å²) in [6.07, 6.45) is 0. The number of hydrogen-bond donors (Lipinski definition) is 1. The molecule has 0 amide bonds. The monoisotopic (exact) mass is 120 g/mol. The molecule has 0 aromatic carbocycles. The van der Waals surface area contributed by atoms with Crippen LogP contribution in [0.1, 0.15) is 20.6 Å². The van der Waals surface area contributed by atoms with Crippen molar-refractivity contribution in [1.82, 2.24) is 5.32 Å². The molecule has 1 heterocycles. The predicted octanol–water partition coefficient (Wildman–Crippen LogP) is 0.385. The molecule has 1 atom stereocenters. The first-order valence-corrected chi connectivity index (χ1v) is 2.60. The van der Waals surface area contributed by atoms with Crippen molar-refractivity contribution in [3.63, 3.8) is 0 Å². The SMILES string of the molecule is [2H]C([2H])([2H])C1(C)OCCNC1([2H])[2H]. The predicted molar refractivity (Wildman–Crippen MR) is 32.9 cm³/mol. The highest BCUT2D eigenvalue weighted by atomic mass is 16.5. The minimum absolute atomic E-state index is 0.217. The van der Waals surface area contributed by atoms with E-state index >= 15 is 0 Å². The second-order valence-corrected chi connectivity index (χ2v) is 1.93. The van der Waals surface area contributed by atoms with Gasteiger partial charge in [0, 0.05) is 19.9 Å². The van der Waals surface area contributed by atoms with Crippen LogP contribution in [0.2, 0.25) is 0 Å². The third kappa shape index (κ3) is 1.46. The number of hydrogen-bond acceptors (Lipinski definition) is 2. The molecule has 8 heavy (non-hydrogen) atoms. The molecule has 2 nitrogen and oxygen atoms in total. The summed E-state index contributed by atoms with van der Waals surface area (Å²) in [5.41, 5.74) is -1.77. The van der Waals surface area contributed by atoms with Crippen molar-refractivity contribution in [2.45, 2.75) is 19.4 Å². The molecule has 1 unspecified atom stereocenters. The van der Waals surface area contributed by atoms with Crippen LogP contribution in [0.15, 0.2) is 0 Å². The maximum Gasteiger partial charge on any atom is 0.0750 e. The van der Waals surface area contributed by atoms with Crippen LogP contribution in [-0.2, 0) is 4.74 Å². The maximum absolute atomic E-state index is 7.51. The molecule has 0 aliphatic carbocycles. The Balaban J connectivity index is 2.98. The Morgan fingerprint density at radius 2 is 2.88 bits per heavy atom. The molecular formula is C6H13NO. The first-order chi connectivity index (χ1) is 5.71. The van der Waals surface area contributed by atoms with E-state index in [-0.39, 0.29) is 6.61 Å². The Morgan fingerprint density at radius 1 is 2.00 bits per heavy atom. The number of rotatable bonds is 0. The highest BCUT2D eigenvalue weighted by Gasteiger charge is 2.20. The first kappa shape index (κ1) is 2.27. The molecule has 1 N–H and O–H groups in total. The van der Waals surface area contributed by atoms with Crippen LogP contribution in [0.25, 0.3) is 0 Å². The Bertz CT molecular complexity index is 204. The van der Waals surface area contributed by atoms with Crippen LogP contribution >= 0.6 is 0 Å². The Labute approximate surface area is 57.2 Å². The van der Waals surface area contributed by atoms with Crippen LogP contribution in [0, 0.1) is 0 Å². The summed E-state index contributed by atoms with van der Waals surface area (Å²) < 4.78 is 41.7. The van der Waals surface area contributed by atoms with Gasteiger partial charge in [-0.25, -0.2) is 0 Å². The fourth-order valence-corrected chi connectivity index (χ4v) is 0.573. The molecule has 1 aliphatic heterocycles. The lowest BCUT2D eigenvalue weighted by Crippen LogP contribution is -2.45. The third-order valence-corrected chi connectivity index (χ3v) is 0.945. The molecule has 0 bridgehead atoms. The normalized spacial score (nSPS) is 56.9. The average Bonchev–Trinajstić information content (AvgIpc) is 1.93. The van der Waals surface area contributed by atoms with E-state index in [1.807, 2.05) is 0 Å². The number of morpholine rings is 1. The van der Waals surface area contributed by atoms with Gasteiger partial charge in [0.15, 0.2) is 0 Å². The van der Waals surface area contributed by atoms with Gasteiger partial charge in [-0.05, 0) is 13.8 Å². The number of nitrogens with one attached hydrogen (secondary N) is 1. The summed E-state index contributed by atoms with van der Waals surface area (Å²) in [4.78, 5) is 0. The van der Waals surface area contributed by atoms with Crippen molar-refractivity contribution in [1.29, 1.82) is 0 Å². The summed E-state index contributed by atoms with van der Waals surface area (Å²) in [7, 11) is 0.